The minimum absolute atomic E-state index is 0.0124. The second kappa shape index (κ2) is 4.87. The number of amides is 2. The summed E-state index contributed by atoms with van der Waals surface area (Å²) in [6, 6.07) is 0. The minimum Gasteiger partial charge on any atom is -0.348 e. The lowest BCUT2D eigenvalue weighted by molar-refractivity contribution is -0.193. The van der Waals surface area contributed by atoms with Crippen molar-refractivity contribution in [1.29, 1.82) is 0 Å². The third-order valence-electron chi connectivity index (χ3n) is 4.57. The van der Waals surface area contributed by atoms with Gasteiger partial charge in [0.15, 0.2) is 5.79 Å². The van der Waals surface area contributed by atoms with Gasteiger partial charge in [-0.1, -0.05) is 13.3 Å². The molecule has 3 aliphatic rings. The number of hydrogen-bond acceptors (Lipinski definition) is 4. The Labute approximate surface area is 113 Å². The molecule has 2 amide bonds. The van der Waals surface area contributed by atoms with E-state index in [1.807, 2.05) is 0 Å². The molecule has 1 aliphatic carbocycles. The zero-order valence-corrected chi connectivity index (χ0v) is 11.4. The molecular formula is C14H21NO4. The van der Waals surface area contributed by atoms with Crippen molar-refractivity contribution in [3.8, 4) is 0 Å². The Morgan fingerprint density at radius 1 is 1.21 bits per heavy atom. The van der Waals surface area contributed by atoms with Crippen LogP contribution in [0.15, 0.2) is 0 Å². The summed E-state index contributed by atoms with van der Waals surface area (Å²) in [6.45, 7) is 3.82. The Hall–Kier alpha value is -0.940. The normalized spacial score (nSPS) is 33.2. The van der Waals surface area contributed by atoms with E-state index in [1.165, 1.54) is 4.90 Å². The van der Waals surface area contributed by atoms with Gasteiger partial charge >= 0.3 is 0 Å². The molecule has 5 nitrogen and oxygen atoms in total. The van der Waals surface area contributed by atoms with Crippen LogP contribution in [0.2, 0.25) is 0 Å². The Balaban J connectivity index is 1.74. The summed E-state index contributed by atoms with van der Waals surface area (Å²) in [5.41, 5.74) is 0. The maximum absolute atomic E-state index is 12.4. The number of nitrogens with zero attached hydrogens (tertiary/aromatic N) is 1. The lowest BCUT2D eigenvalue weighted by atomic mass is 9.77. The molecule has 3 fully saturated rings. The van der Waals surface area contributed by atoms with Gasteiger partial charge in [-0.2, -0.15) is 0 Å². The van der Waals surface area contributed by atoms with Crippen LogP contribution in [0.3, 0.4) is 0 Å². The number of rotatable bonds is 3. The fourth-order valence-corrected chi connectivity index (χ4v) is 3.52. The van der Waals surface area contributed by atoms with Crippen LogP contribution in [0.25, 0.3) is 0 Å². The number of fused-ring (bicyclic) bond motifs is 1. The third-order valence-corrected chi connectivity index (χ3v) is 4.57. The molecule has 2 atom stereocenters. The van der Waals surface area contributed by atoms with Crippen molar-refractivity contribution < 1.29 is 19.1 Å². The van der Waals surface area contributed by atoms with Gasteiger partial charge in [-0.25, -0.2) is 0 Å². The van der Waals surface area contributed by atoms with Crippen molar-refractivity contribution in [3.63, 3.8) is 0 Å². The van der Waals surface area contributed by atoms with Crippen LogP contribution >= 0.6 is 0 Å². The summed E-state index contributed by atoms with van der Waals surface area (Å²) >= 11 is 0. The van der Waals surface area contributed by atoms with Crippen molar-refractivity contribution in [1.82, 2.24) is 4.90 Å². The van der Waals surface area contributed by atoms with Crippen LogP contribution in [0.5, 0.6) is 0 Å². The predicted octanol–water partition coefficient (Wildman–Crippen LogP) is 1.31. The molecular weight excluding hydrogens is 246 g/mol. The van der Waals surface area contributed by atoms with Crippen molar-refractivity contribution >= 4 is 11.8 Å². The van der Waals surface area contributed by atoms with E-state index in [9.17, 15) is 9.59 Å². The van der Waals surface area contributed by atoms with Gasteiger partial charge in [0, 0.05) is 19.4 Å². The summed E-state index contributed by atoms with van der Waals surface area (Å²) in [7, 11) is 0. The van der Waals surface area contributed by atoms with E-state index in [2.05, 4.69) is 6.92 Å². The maximum Gasteiger partial charge on any atom is 0.233 e. The summed E-state index contributed by atoms with van der Waals surface area (Å²) in [5.74, 6) is -0.936. The number of imide groups is 1. The number of hydrogen-bond donors (Lipinski definition) is 0. The van der Waals surface area contributed by atoms with Gasteiger partial charge in [0.25, 0.3) is 0 Å². The maximum atomic E-state index is 12.4. The first kappa shape index (κ1) is 13.1. The van der Waals surface area contributed by atoms with E-state index in [1.54, 1.807) is 0 Å². The highest BCUT2D eigenvalue weighted by Gasteiger charge is 2.55. The van der Waals surface area contributed by atoms with Gasteiger partial charge in [-0.3, -0.25) is 14.5 Å². The number of carbonyl (C=O) groups is 2. The number of ether oxygens (including phenoxy) is 2. The lowest BCUT2D eigenvalue weighted by Gasteiger charge is -2.35. The first-order valence-corrected chi connectivity index (χ1v) is 7.30. The molecule has 2 aliphatic heterocycles. The van der Waals surface area contributed by atoms with Crippen LogP contribution in [-0.4, -0.2) is 42.3 Å². The van der Waals surface area contributed by atoms with Gasteiger partial charge in [-0.15, -0.1) is 0 Å². The van der Waals surface area contributed by atoms with Crippen molar-refractivity contribution in [2.24, 2.45) is 11.8 Å². The van der Waals surface area contributed by atoms with Gasteiger partial charge in [0.05, 0.1) is 25.0 Å². The smallest absolute Gasteiger partial charge is 0.233 e. The highest BCUT2D eigenvalue weighted by molar-refractivity contribution is 6.05. The van der Waals surface area contributed by atoms with Crippen LogP contribution in [-0.2, 0) is 19.1 Å². The summed E-state index contributed by atoms with van der Waals surface area (Å²) in [6.07, 6.45) is 3.86. The Bertz CT molecular complexity index is 389. The molecule has 5 heteroatoms. The van der Waals surface area contributed by atoms with Crippen molar-refractivity contribution in [2.75, 3.05) is 19.8 Å². The summed E-state index contributed by atoms with van der Waals surface area (Å²) in [5, 5.41) is 0. The molecule has 2 heterocycles. The molecule has 2 saturated heterocycles. The molecule has 1 saturated carbocycles. The molecule has 0 bridgehead atoms. The van der Waals surface area contributed by atoms with E-state index in [0.717, 1.165) is 19.3 Å². The number of carbonyl (C=O) groups excluding carboxylic acids is 2. The fourth-order valence-electron chi connectivity index (χ4n) is 3.52. The monoisotopic (exact) mass is 267 g/mol. The minimum atomic E-state index is -0.585. The molecule has 0 unspecified atom stereocenters. The largest absolute Gasteiger partial charge is 0.348 e. The molecule has 0 aromatic rings. The SMILES string of the molecule is CCCCN1C(=O)[C@@H]2CCC3(C[C@H]2C1=O)OCCO3. The van der Waals surface area contributed by atoms with Crippen LogP contribution < -0.4 is 0 Å². The second-order valence-corrected chi connectivity index (χ2v) is 5.75. The molecule has 1 spiro atoms. The Kier molecular flexibility index (Phi) is 3.35. The predicted molar refractivity (Wildman–Crippen MR) is 67.1 cm³/mol. The van der Waals surface area contributed by atoms with E-state index in [-0.39, 0.29) is 23.7 Å². The molecule has 0 aromatic carbocycles. The zero-order valence-electron chi connectivity index (χ0n) is 11.4. The first-order chi connectivity index (χ1) is 9.17. The molecule has 0 aromatic heterocycles. The fraction of sp³-hybridized carbons (Fsp3) is 0.857. The Morgan fingerprint density at radius 3 is 2.58 bits per heavy atom. The van der Waals surface area contributed by atoms with Crippen molar-refractivity contribution in [2.45, 2.75) is 44.8 Å². The average Bonchev–Trinajstić information content (AvgIpc) is 2.94. The van der Waals surface area contributed by atoms with Crippen LogP contribution in [0, 0.1) is 11.8 Å². The Morgan fingerprint density at radius 2 is 1.89 bits per heavy atom. The highest BCUT2D eigenvalue weighted by atomic mass is 16.7. The quantitative estimate of drug-likeness (QED) is 0.724. The second-order valence-electron chi connectivity index (χ2n) is 5.75. The van der Waals surface area contributed by atoms with E-state index in [0.29, 0.717) is 32.6 Å². The number of likely N-dealkylation sites (tertiary alicyclic amines) is 1. The molecule has 0 radical (unpaired) electrons. The van der Waals surface area contributed by atoms with E-state index in [4.69, 9.17) is 9.47 Å². The molecule has 0 N–H and O–H groups in total. The first-order valence-electron chi connectivity index (χ1n) is 7.30. The van der Waals surface area contributed by atoms with Crippen molar-refractivity contribution in [3.05, 3.63) is 0 Å². The molecule has 19 heavy (non-hydrogen) atoms. The third kappa shape index (κ3) is 2.09. The van der Waals surface area contributed by atoms with Gasteiger partial charge < -0.3 is 9.47 Å². The van der Waals surface area contributed by atoms with Gasteiger partial charge in [0.2, 0.25) is 11.8 Å². The highest BCUT2D eigenvalue weighted by Crippen LogP contribution is 2.45. The topological polar surface area (TPSA) is 55.8 Å². The van der Waals surface area contributed by atoms with Crippen LogP contribution in [0.4, 0.5) is 0 Å². The average molecular weight is 267 g/mol. The van der Waals surface area contributed by atoms with Gasteiger partial charge in [-0.05, 0) is 12.8 Å². The molecule has 106 valence electrons. The standard InChI is InChI=1S/C14H21NO4/c1-2-3-6-15-12(16)10-4-5-14(18-7-8-19-14)9-11(10)13(15)17/h10-11H,2-9H2,1H3/t10-,11-/m1/s1. The zero-order chi connectivity index (χ0) is 13.5. The number of unbranched alkanes of at least 4 members (excludes halogenated alkanes) is 1. The van der Waals surface area contributed by atoms with E-state index < -0.39 is 5.79 Å². The molecule has 3 rings (SSSR count). The van der Waals surface area contributed by atoms with E-state index >= 15 is 0 Å². The van der Waals surface area contributed by atoms with Gasteiger partial charge in [0.1, 0.15) is 0 Å². The van der Waals surface area contributed by atoms with Crippen LogP contribution in [0.1, 0.15) is 39.0 Å². The summed E-state index contributed by atoms with van der Waals surface area (Å²) in [4.78, 5) is 26.1. The summed E-state index contributed by atoms with van der Waals surface area (Å²) < 4.78 is 11.4. The lowest BCUT2D eigenvalue weighted by Crippen LogP contribution is -2.41.